The smallest absolute Gasteiger partial charge is 0.238 e. The number of hydrogen-bond donors (Lipinski definition) is 3. The summed E-state index contributed by atoms with van der Waals surface area (Å²) in [5.41, 5.74) is 7.34. The third-order valence-corrected chi connectivity index (χ3v) is 5.79. The molecular formula is C19H22N6OS. The summed E-state index contributed by atoms with van der Waals surface area (Å²) < 4.78 is 1.92. The lowest BCUT2D eigenvalue weighted by molar-refractivity contribution is -0.123. The number of nitrogens with one attached hydrogen (secondary N) is 3. The number of pyridine rings is 1. The molecule has 4 rings (SSSR count). The number of rotatable bonds is 5. The van der Waals surface area contributed by atoms with Crippen molar-refractivity contribution in [3.05, 3.63) is 64.0 Å². The predicted molar refractivity (Wildman–Crippen MR) is 104 cm³/mol. The third kappa shape index (κ3) is 3.92. The molecule has 7 nitrogen and oxygen atoms in total. The van der Waals surface area contributed by atoms with Crippen LogP contribution in [0, 0.1) is 13.8 Å². The molecule has 3 aromatic rings. The quantitative estimate of drug-likeness (QED) is 0.630. The fourth-order valence-electron chi connectivity index (χ4n) is 3.19. The zero-order valence-electron chi connectivity index (χ0n) is 15.3. The first kappa shape index (κ1) is 17.8. The Bertz CT molecular complexity index is 949. The topological polar surface area (TPSA) is 83.9 Å². The van der Waals surface area contributed by atoms with Crippen LogP contribution in [0.15, 0.2) is 42.9 Å². The molecule has 0 aliphatic carbocycles. The molecule has 140 valence electrons. The lowest BCUT2D eigenvalue weighted by atomic mass is 10.1. The Morgan fingerprint density at radius 1 is 1.26 bits per heavy atom. The van der Waals surface area contributed by atoms with E-state index >= 15 is 0 Å². The molecule has 1 aliphatic rings. The highest BCUT2D eigenvalue weighted by atomic mass is 32.1. The van der Waals surface area contributed by atoms with Gasteiger partial charge in [0, 0.05) is 34.9 Å². The van der Waals surface area contributed by atoms with Crippen molar-refractivity contribution in [1.29, 1.82) is 0 Å². The van der Waals surface area contributed by atoms with Crippen molar-refractivity contribution in [3.63, 3.8) is 0 Å². The van der Waals surface area contributed by atoms with Crippen molar-refractivity contribution in [2.24, 2.45) is 0 Å². The van der Waals surface area contributed by atoms with E-state index < -0.39 is 0 Å². The largest absolute Gasteiger partial charge is 0.351 e. The molecule has 0 spiro atoms. The van der Waals surface area contributed by atoms with Crippen LogP contribution in [0.4, 0.5) is 0 Å². The first-order valence-electron chi connectivity index (χ1n) is 8.90. The summed E-state index contributed by atoms with van der Waals surface area (Å²) in [4.78, 5) is 23.7. The van der Waals surface area contributed by atoms with Gasteiger partial charge in [-0.15, -0.1) is 11.3 Å². The Hall–Kier alpha value is -2.55. The van der Waals surface area contributed by atoms with Crippen LogP contribution in [0.1, 0.15) is 33.6 Å². The lowest BCUT2D eigenvalue weighted by Crippen LogP contribution is -2.42. The Kier molecular flexibility index (Phi) is 5.02. The Labute approximate surface area is 161 Å². The molecule has 3 N–H and O–H groups in total. The molecule has 1 saturated heterocycles. The Morgan fingerprint density at radius 2 is 2.15 bits per heavy atom. The van der Waals surface area contributed by atoms with Gasteiger partial charge in [-0.3, -0.25) is 9.36 Å². The van der Waals surface area contributed by atoms with Crippen LogP contribution in [-0.2, 0) is 11.3 Å². The van der Waals surface area contributed by atoms with Crippen molar-refractivity contribution in [2.75, 3.05) is 0 Å². The van der Waals surface area contributed by atoms with Gasteiger partial charge in [-0.1, -0.05) is 0 Å². The number of hydrogen-bond acceptors (Lipinski definition) is 6. The first-order valence-corrected chi connectivity index (χ1v) is 9.72. The van der Waals surface area contributed by atoms with Crippen LogP contribution in [0.2, 0.25) is 0 Å². The average molecular weight is 382 g/mol. The highest BCUT2D eigenvalue weighted by Gasteiger charge is 2.30. The molecule has 8 heteroatoms. The standard InChI is InChI=1S/C19H22N6OS/c1-12-3-4-17(27-12)15-10-16(24-23-15)19(26)22-11-14-5-6-21-18(9-14)25-8-7-20-13(25)2/h3-9,15-16,23-24H,10-11H2,1-2H3,(H,22,26). The van der Waals surface area contributed by atoms with Crippen molar-refractivity contribution < 1.29 is 4.79 Å². The molecule has 1 aliphatic heterocycles. The minimum atomic E-state index is -0.241. The molecule has 1 amide bonds. The van der Waals surface area contributed by atoms with Gasteiger partial charge in [-0.2, -0.15) is 0 Å². The molecule has 1 fully saturated rings. The van der Waals surface area contributed by atoms with Gasteiger partial charge < -0.3 is 5.32 Å². The third-order valence-electron chi connectivity index (χ3n) is 4.67. The van der Waals surface area contributed by atoms with Crippen molar-refractivity contribution in [1.82, 2.24) is 30.7 Å². The maximum absolute atomic E-state index is 12.5. The minimum absolute atomic E-state index is 0.00421. The summed E-state index contributed by atoms with van der Waals surface area (Å²) in [5, 5.41) is 3.01. The van der Waals surface area contributed by atoms with Crippen LogP contribution in [0.5, 0.6) is 0 Å². The highest BCUT2D eigenvalue weighted by Crippen LogP contribution is 2.28. The second kappa shape index (κ2) is 7.59. The Morgan fingerprint density at radius 3 is 2.89 bits per heavy atom. The van der Waals surface area contributed by atoms with Crippen LogP contribution in [-0.4, -0.2) is 26.5 Å². The number of imidazole rings is 1. The molecule has 0 saturated carbocycles. The zero-order chi connectivity index (χ0) is 18.8. The van der Waals surface area contributed by atoms with Gasteiger partial charge in [0.25, 0.3) is 0 Å². The van der Waals surface area contributed by atoms with Crippen LogP contribution < -0.4 is 16.2 Å². The van der Waals surface area contributed by atoms with Gasteiger partial charge in [0.2, 0.25) is 5.91 Å². The summed E-state index contributed by atoms with van der Waals surface area (Å²) in [7, 11) is 0. The van der Waals surface area contributed by atoms with E-state index in [9.17, 15) is 4.79 Å². The number of carbonyl (C=O) groups excluding carboxylic acids is 1. The molecule has 0 radical (unpaired) electrons. The molecular weight excluding hydrogens is 360 g/mol. The maximum atomic E-state index is 12.5. The Balaban J connectivity index is 1.35. The van der Waals surface area contributed by atoms with Gasteiger partial charge in [-0.25, -0.2) is 20.8 Å². The summed E-state index contributed by atoms with van der Waals surface area (Å²) in [6.45, 7) is 4.48. The predicted octanol–water partition coefficient (Wildman–Crippen LogP) is 2.17. The van der Waals surface area contributed by atoms with Gasteiger partial charge in [-0.05, 0) is 50.1 Å². The average Bonchev–Trinajstić information content (AvgIpc) is 3.40. The summed E-state index contributed by atoms with van der Waals surface area (Å²) in [5.74, 6) is 1.67. The monoisotopic (exact) mass is 382 g/mol. The number of nitrogens with zero attached hydrogens (tertiary/aromatic N) is 3. The van der Waals surface area contributed by atoms with E-state index in [1.54, 1.807) is 23.7 Å². The SMILES string of the molecule is Cc1ccc(C2CC(C(=O)NCc3ccnc(-n4ccnc4C)c3)NN2)s1. The number of amides is 1. The second-order valence-electron chi connectivity index (χ2n) is 6.66. The summed E-state index contributed by atoms with van der Waals surface area (Å²) in [6, 6.07) is 8.04. The van der Waals surface area contributed by atoms with Gasteiger partial charge in [0.1, 0.15) is 17.7 Å². The molecule has 3 aromatic heterocycles. The van der Waals surface area contributed by atoms with Gasteiger partial charge in [0.05, 0.1) is 6.04 Å². The number of hydrazine groups is 1. The maximum Gasteiger partial charge on any atom is 0.238 e. The van der Waals surface area contributed by atoms with E-state index in [1.165, 1.54) is 9.75 Å². The molecule has 0 bridgehead atoms. The summed E-state index contributed by atoms with van der Waals surface area (Å²) >= 11 is 1.76. The lowest BCUT2D eigenvalue weighted by Gasteiger charge is -2.11. The molecule has 27 heavy (non-hydrogen) atoms. The molecule has 2 unspecified atom stereocenters. The van der Waals surface area contributed by atoms with Crippen molar-refractivity contribution in [3.8, 4) is 5.82 Å². The van der Waals surface area contributed by atoms with Crippen LogP contribution >= 0.6 is 11.3 Å². The number of aryl methyl sites for hydroxylation is 2. The fraction of sp³-hybridized carbons (Fsp3) is 0.316. The van der Waals surface area contributed by atoms with E-state index in [0.29, 0.717) is 6.54 Å². The first-order chi connectivity index (χ1) is 13.1. The number of carbonyl (C=O) groups is 1. The van der Waals surface area contributed by atoms with E-state index in [-0.39, 0.29) is 18.0 Å². The number of thiophene rings is 1. The fourth-order valence-corrected chi connectivity index (χ4v) is 4.13. The van der Waals surface area contributed by atoms with Crippen molar-refractivity contribution in [2.45, 2.75) is 38.9 Å². The molecule has 4 heterocycles. The number of aromatic nitrogens is 3. The van der Waals surface area contributed by atoms with Crippen LogP contribution in [0.25, 0.3) is 5.82 Å². The second-order valence-corrected chi connectivity index (χ2v) is 7.98. The summed E-state index contributed by atoms with van der Waals surface area (Å²) in [6.07, 6.45) is 6.11. The zero-order valence-corrected chi connectivity index (χ0v) is 16.1. The molecule has 2 atom stereocenters. The van der Waals surface area contributed by atoms with Crippen LogP contribution in [0.3, 0.4) is 0 Å². The highest BCUT2D eigenvalue weighted by molar-refractivity contribution is 7.12. The van der Waals surface area contributed by atoms with Gasteiger partial charge >= 0.3 is 0 Å². The van der Waals surface area contributed by atoms with E-state index in [1.807, 2.05) is 29.8 Å². The van der Waals surface area contributed by atoms with Crippen molar-refractivity contribution >= 4 is 17.2 Å². The van der Waals surface area contributed by atoms with E-state index in [2.05, 4.69) is 45.2 Å². The minimum Gasteiger partial charge on any atom is -0.351 e. The molecule has 0 aromatic carbocycles. The van der Waals surface area contributed by atoms with Gasteiger partial charge in [0.15, 0.2) is 0 Å². The van der Waals surface area contributed by atoms with E-state index in [4.69, 9.17) is 0 Å². The van der Waals surface area contributed by atoms with E-state index in [0.717, 1.165) is 23.6 Å². The normalized spacial score (nSPS) is 19.3.